The van der Waals surface area contributed by atoms with E-state index in [0.29, 0.717) is 16.2 Å². The van der Waals surface area contributed by atoms with Gasteiger partial charge in [0.2, 0.25) is 0 Å². The molecule has 0 saturated heterocycles. The molecule has 0 spiro atoms. The van der Waals surface area contributed by atoms with Crippen molar-refractivity contribution in [3.05, 3.63) is 42.2 Å². The fourth-order valence-electron chi connectivity index (χ4n) is 1.97. The van der Waals surface area contributed by atoms with Crippen LogP contribution in [0.2, 0.25) is 0 Å². The zero-order valence-corrected chi connectivity index (χ0v) is 11.5. The van der Waals surface area contributed by atoms with Crippen molar-refractivity contribution in [3.8, 4) is 0 Å². The SMILES string of the molecule is CC(N)c1c(F)cccc1Sc1ncnc2nc[nH]c12. The maximum Gasteiger partial charge on any atom is 0.181 e. The molecule has 2 heterocycles. The number of hydrogen-bond donors (Lipinski definition) is 2. The molecule has 1 unspecified atom stereocenters. The average Bonchev–Trinajstić information content (AvgIpc) is 2.87. The first-order chi connectivity index (χ1) is 9.66. The highest BCUT2D eigenvalue weighted by Crippen LogP contribution is 2.35. The monoisotopic (exact) mass is 289 g/mol. The molecule has 0 saturated carbocycles. The summed E-state index contributed by atoms with van der Waals surface area (Å²) >= 11 is 1.35. The molecule has 2 aromatic heterocycles. The number of rotatable bonds is 3. The lowest BCUT2D eigenvalue weighted by molar-refractivity contribution is 0.585. The molecule has 3 aromatic rings. The van der Waals surface area contributed by atoms with Gasteiger partial charge in [0.15, 0.2) is 5.65 Å². The third-order valence-corrected chi connectivity index (χ3v) is 3.94. The lowest BCUT2D eigenvalue weighted by Crippen LogP contribution is -2.09. The zero-order chi connectivity index (χ0) is 14.1. The van der Waals surface area contributed by atoms with E-state index >= 15 is 0 Å². The maximum atomic E-state index is 13.9. The van der Waals surface area contributed by atoms with Gasteiger partial charge in [-0.3, -0.25) is 0 Å². The predicted octanol–water partition coefficient (Wildman–Crippen LogP) is 2.66. The molecule has 102 valence electrons. The van der Waals surface area contributed by atoms with Crippen LogP contribution >= 0.6 is 11.8 Å². The molecule has 0 amide bonds. The minimum atomic E-state index is -0.391. The van der Waals surface area contributed by atoms with Crippen molar-refractivity contribution >= 4 is 22.9 Å². The second-order valence-electron chi connectivity index (χ2n) is 4.32. The molecule has 0 fully saturated rings. The zero-order valence-electron chi connectivity index (χ0n) is 10.7. The van der Waals surface area contributed by atoms with Crippen LogP contribution in [0.1, 0.15) is 18.5 Å². The van der Waals surface area contributed by atoms with Gasteiger partial charge < -0.3 is 10.7 Å². The summed E-state index contributed by atoms with van der Waals surface area (Å²) < 4.78 is 13.9. The van der Waals surface area contributed by atoms with Gasteiger partial charge >= 0.3 is 0 Å². The number of nitrogens with zero attached hydrogens (tertiary/aromatic N) is 3. The van der Waals surface area contributed by atoms with E-state index in [2.05, 4.69) is 19.9 Å². The molecule has 5 nitrogen and oxygen atoms in total. The number of nitrogens with two attached hydrogens (primary N) is 1. The Kier molecular flexibility index (Phi) is 3.37. The topological polar surface area (TPSA) is 80.5 Å². The maximum absolute atomic E-state index is 13.9. The summed E-state index contributed by atoms with van der Waals surface area (Å²) in [5.41, 5.74) is 7.66. The van der Waals surface area contributed by atoms with Crippen molar-refractivity contribution < 1.29 is 4.39 Å². The Morgan fingerprint density at radius 3 is 2.95 bits per heavy atom. The van der Waals surface area contributed by atoms with Crippen molar-refractivity contribution in [2.75, 3.05) is 0 Å². The van der Waals surface area contributed by atoms with Crippen LogP contribution in [0, 0.1) is 5.82 Å². The Morgan fingerprint density at radius 1 is 1.30 bits per heavy atom. The summed E-state index contributed by atoms with van der Waals surface area (Å²) in [5.74, 6) is -0.306. The number of imidazole rings is 1. The number of aromatic amines is 1. The largest absolute Gasteiger partial charge is 0.341 e. The Hall–Kier alpha value is -1.99. The third-order valence-electron chi connectivity index (χ3n) is 2.86. The number of nitrogens with one attached hydrogen (secondary N) is 1. The molecule has 0 aliphatic carbocycles. The van der Waals surface area contributed by atoms with Crippen molar-refractivity contribution in [3.63, 3.8) is 0 Å². The molecule has 20 heavy (non-hydrogen) atoms. The standard InChI is InChI=1S/C13H12FN5S/c1-7(15)10-8(14)3-2-4-9(10)20-13-11-12(17-5-16-11)18-6-19-13/h2-7H,15H2,1H3,(H,16,17,18,19). The summed E-state index contributed by atoms with van der Waals surface area (Å²) in [5, 5.41) is 0.694. The van der Waals surface area contributed by atoms with E-state index < -0.39 is 6.04 Å². The van der Waals surface area contributed by atoms with E-state index in [1.807, 2.05) is 6.07 Å². The van der Waals surface area contributed by atoms with Gasteiger partial charge in [-0.2, -0.15) is 0 Å². The van der Waals surface area contributed by atoms with Gasteiger partial charge in [-0.1, -0.05) is 17.8 Å². The van der Waals surface area contributed by atoms with E-state index in [1.54, 1.807) is 19.3 Å². The van der Waals surface area contributed by atoms with Crippen molar-refractivity contribution in [1.82, 2.24) is 19.9 Å². The van der Waals surface area contributed by atoms with Crippen molar-refractivity contribution in [1.29, 1.82) is 0 Å². The Labute approximate surface area is 118 Å². The van der Waals surface area contributed by atoms with Crippen LogP contribution in [0.4, 0.5) is 4.39 Å². The van der Waals surface area contributed by atoms with Gasteiger partial charge in [0.05, 0.1) is 6.33 Å². The summed E-state index contributed by atoms with van der Waals surface area (Å²) in [6.07, 6.45) is 3.00. The molecule has 0 aliphatic heterocycles. The number of fused-ring (bicyclic) bond motifs is 1. The highest BCUT2D eigenvalue weighted by atomic mass is 32.2. The normalized spacial score (nSPS) is 12.8. The second kappa shape index (κ2) is 5.18. The van der Waals surface area contributed by atoms with Crippen LogP contribution < -0.4 is 5.73 Å². The van der Waals surface area contributed by atoms with E-state index in [4.69, 9.17) is 5.73 Å². The summed E-state index contributed by atoms with van der Waals surface area (Å²) in [4.78, 5) is 16.1. The van der Waals surface area contributed by atoms with Gasteiger partial charge in [0, 0.05) is 16.5 Å². The molecule has 1 atom stereocenters. The Bertz CT molecular complexity index is 755. The van der Waals surface area contributed by atoms with E-state index in [1.165, 1.54) is 24.2 Å². The minimum Gasteiger partial charge on any atom is -0.341 e. The van der Waals surface area contributed by atoms with Crippen LogP contribution in [0.3, 0.4) is 0 Å². The van der Waals surface area contributed by atoms with E-state index in [0.717, 1.165) is 10.4 Å². The van der Waals surface area contributed by atoms with Gasteiger partial charge in [-0.25, -0.2) is 19.3 Å². The van der Waals surface area contributed by atoms with Gasteiger partial charge in [-0.05, 0) is 19.1 Å². The summed E-state index contributed by atoms with van der Waals surface area (Å²) in [6.45, 7) is 1.76. The fraction of sp³-hybridized carbons (Fsp3) is 0.154. The molecule has 0 aliphatic rings. The summed E-state index contributed by atoms with van der Waals surface area (Å²) in [7, 11) is 0. The number of halogens is 1. The highest BCUT2D eigenvalue weighted by Gasteiger charge is 2.15. The first-order valence-corrected chi connectivity index (χ1v) is 6.84. The number of benzene rings is 1. The third kappa shape index (κ3) is 2.25. The lowest BCUT2D eigenvalue weighted by Gasteiger charge is -2.12. The number of H-pyrrole nitrogens is 1. The van der Waals surface area contributed by atoms with Crippen LogP contribution in [0.5, 0.6) is 0 Å². The smallest absolute Gasteiger partial charge is 0.181 e. The molecule has 0 bridgehead atoms. The Balaban J connectivity index is 2.08. The second-order valence-corrected chi connectivity index (χ2v) is 5.35. The molecule has 7 heteroatoms. The quantitative estimate of drug-likeness (QED) is 0.724. The fourth-order valence-corrected chi connectivity index (χ4v) is 3.07. The highest BCUT2D eigenvalue weighted by molar-refractivity contribution is 7.99. The molecule has 1 aromatic carbocycles. The van der Waals surface area contributed by atoms with Crippen LogP contribution in [-0.2, 0) is 0 Å². The molecule has 3 N–H and O–H groups in total. The van der Waals surface area contributed by atoms with E-state index in [-0.39, 0.29) is 5.82 Å². The summed E-state index contributed by atoms with van der Waals surface area (Å²) in [6, 6.07) is 4.51. The number of aromatic nitrogens is 4. The average molecular weight is 289 g/mol. The minimum absolute atomic E-state index is 0.306. The Morgan fingerprint density at radius 2 is 2.15 bits per heavy atom. The van der Waals surface area contributed by atoms with Crippen LogP contribution in [0.15, 0.2) is 40.8 Å². The van der Waals surface area contributed by atoms with Gasteiger partial charge in [0.1, 0.15) is 22.7 Å². The predicted molar refractivity (Wildman–Crippen MR) is 74.8 cm³/mol. The number of hydrogen-bond acceptors (Lipinski definition) is 5. The molecule has 3 rings (SSSR count). The van der Waals surface area contributed by atoms with Gasteiger partial charge in [0.25, 0.3) is 0 Å². The molecule has 0 radical (unpaired) electrons. The van der Waals surface area contributed by atoms with Crippen molar-refractivity contribution in [2.24, 2.45) is 5.73 Å². The lowest BCUT2D eigenvalue weighted by atomic mass is 10.1. The first-order valence-electron chi connectivity index (χ1n) is 6.02. The van der Waals surface area contributed by atoms with E-state index in [9.17, 15) is 4.39 Å². The molecular weight excluding hydrogens is 277 g/mol. The first kappa shape index (κ1) is 13.0. The van der Waals surface area contributed by atoms with Crippen molar-refractivity contribution in [2.45, 2.75) is 22.9 Å². The van der Waals surface area contributed by atoms with Gasteiger partial charge in [-0.15, -0.1) is 0 Å². The molecular formula is C13H12FN5S. The van der Waals surface area contributed by atoms with Crippen LogP contribution in [-0.4, -0.2) is 19.9 Å². The van der Waals surface area contributed by atoms with Crippen LogP contribution in [0.25, 0.3) is 11.2 Å².